The second kappa shape index (κ2) is 4.87. The minimum atomic E-state index is 0.467. The van der Waals surface area contributed by atoms with E-state index in [2.05, 4.69) is 9.97 Å². The fourth-order valence-corrected chi connectivity index (χ4v) is 1.76. The van der Waals surface area contributed by atoms with Gasteiger partial charge in [0.2, 0.25) is 0 Å². The van der Waals surface area contributed by atoms with Gasteiger partial charge in [-0.3, -0.25) is 0 Å². The van der Waals surface area contributed by atoms with Crippen LogP contribution in [0.4, 0.5) is 0 Å². The van der Waals surface area contributed by atoms with Crippen molar-refractivity contribution >= 4 is 23.2 Å². The van der Waals surface area contributed by atoms with E-state index < -0.39 is 0 Å². The first kappa shape index (κ1) is 11.5. The Hall–Kier alpha value is -1.03. The highest BCUT2D eigenvalue weighted by molar-refractivity contribution is 6.42. The molecule has 2 aromatic rings. The Morgan fingerprint density at radius 1 is 1.25 bits per heavy atom. The normalized spacial score (nSPS) is 10.7. The lowest BCUT2D eigenvalue weighted by Crippen LogP contribution is -1.97. The van der Waals surface area contributed by atoms with Crippen LogP contribution in [0.2, 0.25) is 10.0 Å². The number of nitrogens with one attached hydrogen (secondary N) is 1. The summed E-state index contributed by atoms with van der Waals surface area (Å²) in [6, 6.07) is 5.55. The third kappa shape index (κ3) is 2.55. The highest BCUT2D eigenvalue weighted by Gasteiger charge is 2.03. The number of nitrogens with two attached hydrogens (primary N) is 1. The molecule has 0 amide bonds. The maximum absolute atomic E-state index is 5.93. The second-order valence-corrected chi connectivity index (χ2v) is 4.30. The van der Waals surface area contributed by atoms with E-state index in [0.29, 0.717) is 23.0 Å². The molecule has 5 heteroatoms. The zero-order chi connectivity index (χ0) is 11.5. The van der Waals surface area contributed by atoms with Gasteiger partial charge in [-0.2, -0.15) is 0 Å². The van der Waals surface area contributed by atoms with Crippen molar-refractivity contribution in [3.8, 4) is 0 Å². The Bertz CT molecular complexity index is 494. The number of hydrogen-bond acceptors (Lipinski definition) is 2. The third-order valence-corrected chi connectivity index (χ3v) is 3.00. The highest BCUT2D eigenvalue weighted by atomic mass is 35.5. The molecule has 3 nitrogen and oxygen atoms in total. The molecule has 0 aliphatic heterocycles. The van der Waals surface area contributed by atoms with Gasteiger partial charge in [0.25, 0.3) is 0 Å². The molecule has 1 aromatic carbocycles. The Morgan fingerprint density at radius 3 is 2.69 bits per heavy atom. The molecule has 0 aliphatic rings. The lowest BCUT2D eigenvalue weighted by atomic mass is 10.1. The minimum absolute atomic E-state index is 0.467. The molecule has 16 heavy (non-hydrogen) atoms. The molecule has 0 bridgehead atoms. The Labute approximate surface area is 104 Å². The van der Waals surface area contributed by atoms with E-state index in [1.54, 1.807) is 12.3 Å². The summed E-state index contributed by atoms with van der Waals surface area (Å²) in [7, 11) is 0. The van der Waals surface area contributed by atoms with Crippen LogP contribution in [0, 0.1) is 0 Å². The topological polar surface area (TPSA) is 54.7 Å². The number of halogens is 2. The van der Waals surface area contributed by atoms with Gasteiger partial charge in [0.1, 0.15) is 5.82 Å². The fourth-order valence-electron chi connectivity index (χ4n) is 1.44. The van der Waals surface area contributed by atoms with Gasteiger partial charge in [-0.25, -0.2) is 4.98 Å². The van der Waals surface area contributed by atoms with E-state index in [-0.39, 0.29) is 0 Å². The average Bonchev–Trinajstić information content (AvgIpc) is 2.71. The number of imidazole rings is 1. The standard InChI is InChI=1S/C11H11Cl2N3/c12-9-2-1-7(3-10(9)13)4-11-15-6-8(5-14)16-11/h1-3,6H,4-5,14H2,(H,15,16). The summed E-state index contributed by atoms with van der Waals surface area (Å²) in [6.07, 6.45) is 2.43. The van der Waals surface area contributed by atoms with Crippen molar-refractivity contribution in [2.24, 2.45) is 5.73 Å². The largest absolute Gasteiger partial charge is 0.345 e. The summed E-state index contributed by atoms with van der Waals surface area (Å²) >= 11 is 11.8. The molecule has 0 saturated heterocycles. The first-order valence-electron chi connectivity index (χ1n) is 4.86. The van der Waals surface area contributed by atoms with Gasteiger partial charge < -0.3 is 10.7 Å². The second-order valence-electron chi connectivity index (χ2n) is 3.48. The molecule has 0 atom stereocenters. The van der Waals surface area contributed by atoms with Gasteiger partial charge in [0.15, 0.2) is 0 Å². The van der Waals surface area contributed by atoms with E-state index in [4.69, 9.17) is 28.9 Å². The zero-order valence-corrected chi connectivity index (χ0v) is 10.0. The number of aromatic nitrogens is 2. The molecule has 2 rings (SSSR count). The van der Waals surface area contributed by atoms with E-state index in [1.165, 1.54) is 0 Å². The number of aromatic amines is 1. The van der Waals surface area contributed by atoms with Gasteiger partial charge >= 0.3 is 0 Å². The summed E-state index contributed by atoms with van der Waals surface area (Å²) in [6.45, 7) is 0.467. The maximum Gasteiger partial charge on any atom is 0.110 e. The van der Waals surface area contributed by atoms with Crippen molar-refractivity contribution in [3.63, 3.8) is 0 Å². The van der Waals surface area contributed by atoms with Crippen LogP contribution in [0.3, 0.4) is 0 Å². The minimum Gasteiger partial charge on any atom is -0.345 e. The van der Waals surface area contributed by atoms with Crippen molar-refractivity contribution < 1.29 is 0 Å². The van der Waals surface area contributed by atoms with Gasteiger partial charge in [-0.1, -0.05) is 29.3 Å². The van der Waals surface area contributed by atoms with E-state index >= 15 is 0 Å². The number of benzene rings is 1. The lowest BCUT2D eigenvalue weighted by Gasteiger charge is -2.01. The summed E-state index contributed by atoms with van der Waals surface area (Å²) in [4.78, 5) is 7.36. The first-order valence-corrected chi connectivity index (χ1v) is 5.61. The Balaban J connectivity index is 2.17. The maximum atomic E-state index is 5.93. The van der Waals surface area contributed by atoms with Gasteiger partial charge in [0, 0.05) is 24.9 Å². The lowest BCUT2D eigenvalue weighted by molar-refractivity contribution is 0.968. The molecule has 0 aliphatic carbocycles. The van der Waals surface area contributed by atoms with Crippen molar-refractivity contribution in [1.82, 2.24) is 9.97 Å². The monoisotopic (exact) mass is 255 g/mol. The highest BCUT2D eigenvalue weighted by Crippen LogP contribution is 2.23. The van der Waals surface area contributed by atoms with Crippen LogP contribution in [0.1, 0.15) is 17.1 Å². The molecule has 1 aromatic heterocycles. The Kier molecular flexibility index (Phi) is 3.49. The number of H-pyrrole nitrogens is 1. The van der Waals surface area contributed by atoms with Crippen LogP contribution in [0.15, 0.2) is 24.4 Å². The van der Waals surface area contributed by atoms with E-state index in [9.17, 15) is 0 Å². The average molecular weight is 256 g/mol. The number of rotatable bonds is 3. The van der Waals surface area contributed by atoms with Crippen molar-refractivity contribution in [1.29, 1.82) is 0 Å². The van der Waals surface area contributed by atoms with Gasteiger partial charge in [0.05, 0.1) is 10.0 Å². The van der Waals surface area contributed by atoms with Crippen molar-refractivity contribution in [2.45, 2.75) is 13.0 Å². The summed E-state index contributed by atoms with van der Waals surface area (Å²) in [5, 5.41) is 1.12. The SMILES string of the molecule is NCc1cnc(Cc2ccc(Cl)c(Cl)c2)[nH]1. The number of nitrogens with zero attached hydrogens (tertiary/aromatic N) is 1. The summed E-state index contributed by atoms with van der Waals surface area (Å²) in [5.41, 5.74) is 7.48. The molecule has 0 spiro atoms. The molecular formula is C11H11Cl2N3. The summed E-state index contributed by atoms with van der Waals surface area (Å²) < 4.78 is 0. The molecule has 1 heterocycles. The van der Waals surface area contributed by atoms with Crippen LogP contribution in [0.5, 0.6) is 0 Å². The quantitative estimate of drug-likeness (QED) is 0.887. The van der Waals surface area contributed by atoms with E-state index in [0.717, 1.165) is 17.1 Å². The number of hydrogen-bond donors (Lipinski definition) is 2. The summed E-state index contributed by atoms with van der Waals surface area (Å²) in [5.74, 6) is 0.874. The predicted octanol–water partition coefficient (Wildman–Crippen LogP) is 2.77. The van der Waals surface area contributed by atoms with Crippen LogP contribution in [-0.2, 0) is 13.0 Å². The molecule has 0 unspecified atom stereocenters. The molecule has 3 N–H and O–H groups in total. The van der Waals surface area contributed by atoms with Crippen molar-refractivity contribution in [2.75, 3.05) is 0 Å². The first-order chi connectivity index (χ1) is 7.69. The van der Waals surface area contributed by atoms with Gasteiger partial charge in [-0.05, 0) is 17.7 Å². The van der Waals surface area contributed by atoms with Crippen LogP contribution in [0.25, 0.3) is 0 Å². The van der Waals surface area contributed by atoms with Crippen molar-refractivity contribution in [3.05, 3.63) is 51.5 Å². The van der Waals surface area contributed by atoms with E-state index in [1.807, 2.05) is 12.1 Å². The molecule has 0 radical (unpaired) electrons. The van der Waals surface area contributed by atoms with Gasteiger partial charge in [-0.15, -0.1) is 0 Å². The van der Waals surface area contributed by atoms with Crippen LogP contribution >= 0.6 is 23.2 Å². The molecule has 0 fully saturated rings. The smallest absolute Gasteiger partial charge is 0.110 e. The Morgan fingerprint density at radius 2 is 2.06 bits per heavy atom. The zero-order valence-electron chi connectivity index (χ0n) is 8.50. The fraction of sp³-hybridized carbons (Fsp3) is 0.182. The third-order valence-electron chi connectivity index (χ3n) is 2.26. The van der Waals surface area contributed by atoms with Crippen LogP contribution in [-0.4, -0.2) is 9.97 Å². The predicted molar refractivity (Wildman–Crippen MR) is 65.7 cm³/mol. The molecule has 0 saturated carbocycles. The van der Waals surface area contributed by atoms with Crippen LogP contribution < -0.4 is 5.73 Å². The molecular weight excluding hydrogens is 245 g/mol. The molecule has 84 valence electrons.